The molecule has 0 radical (unpaired) electrons. The highest BCUT2D eigenvalue weighted by molar-refractivity contribution is 7.89. The monoisotopic (exact) mass is 303 g/mol. The quantitative estimate of drug-likeness (QED) is 0.878. The second-order valence-corrected chi connectivity index (χ2v) is 6.88. The number of halogens is 1. The van der Waals surface area contributed by atoms with Crippen LogP contribution in [0.1, 0.15) is 18.0 Å². The number of rotatable bonds is 5. The van der Waals surface area contributed by atoms with Gasteiger partial charge in [0, 0.05) is 13.7 Å². The van der Waals surface area contributed by atoms with Crippen molar-refractivity contribution in [1.29, 1.82) is 0 Å². The summed E-state index contributed by atoms with van der Waals surface area (Å²) in [7, 11) is -2.07. The van der Waals surface area contributed by atoms with Crippen molar-refractivity contribution in [2.75, 3.05) is 26.0 Å². The number of aliphatic hydroxyl groups excluding tert-OH is 1. The highest BCUT2D eigenvalue weighted by atomic mass is 32.2. The number of ether oxygens (including phenoxy) is 1. The van der Waals surface area contributed by atoms with Crippen molar-refractivity contribution in [3.05, 3.63) is 35.6 Å². The summed E-state index contributed by atoms with van der Waals surface area (Å²) in [5.74, 6) is -0.505. The molecular weight excluding hydrogens is 285 g/mol. The van der Waals surface area contributed by atoms with Crippen molar-refractivity contribution in [2.45, 2.75) is 18.6 Å². The molecule has 1 aliphatic heterocycles. The number of hydrogen-bond donors (Lipinski definition) is 1. The van der Waals surface area contributed by atoms with Crippen LogP contribution in [-0.4, -0.2) is 49.9 Å². The van der Waals surface area contributed by atoms with Gasteiger partial charge >= 0.3 is 0 Å². The molecule has 112 valence electrons. The van der Waals surface area contributed by atoms with Crippen molar-refractivity contribution in [3.63, 3.8) is 0 Å². The van der Waals surface area contributed by atoms with E-state index in [0.717, 1.165) is 0 Å². The molecule has 2 rings (SSSR count). The lowest BCUT2D eigenvalue weighted by molar-refractivity contribution is 0.188. The van der Waals surface area contributed by atoms with Gasteiger partial charge in [0.2, 0.25) is 10.0 Å². The van der Waals surface area contributed by atoms with Crippen LogP contribution in [0.4, 0.5) is 4.39 Å². The van der Waals surface area contributed by atoms with Gasteiger partial charge in [-0.15, -0.1) is 0 Å². The Balaban J connectivity index is 2.24. The van der Waals surface area contributed by atoms with Gasteiger partial charge in [0.1, 0.15) is 5.82 Å². The first-order chi connectivity index (χ1) is 9.44. The zero-order chi connectivity index (χ0) is 14.8. The fourth-order valence-electron chi connectivity index (χ4n) is 2.39. The fraction of sp³-hybridized carbons (Fsp3) is 0.538. The molecule has 0 amide bonds. The van der Waals surface area contributed by atoms with Gasteiger partial charge < -0.3 is 9.84 Å². The van der Waals surface area contributed by atoms with Gasteiger partial charge in [0.15, 0.2) is 0 Å². The van der Waals surface area contributed by atoms with Gasteiger partial charge in [-0.2, -0.15) is 4.31 Å². The molecule has 1 aromatic carbocycles. The summed E-state index contributed by atoms with van der Waals surface area (Å²) in [6.07, 6.45) is -0.389. The molecule has 1 aromatic rings. The Morgan fingerprint density at radius 1 is 1.40 bits per heavy atom. The highest BCUT2D eigenvalue weighted by Gasteiger charge is 2.39. The Kier molecular flexibility index (Phi) is 4.74. The average Bonchev–Trinajstić information content (AvgIpc) is 2.80. The fourth-order valence-corrected chi connectivity index (χ4v) is 3.99. The van der Waals surface area contributed by atoms with Crippen LogP contribution in [0.2, 0.25) is 0 Å². The number of methoxy groups -OCH3 is 1. The van der Waals surface area contributed by atoms with Gasteiger partial charge in [-0.05, 0) is 24.1 Å². The maximum Gasteiger partial charge on any atom is 0.217 e. The van der Waals surface area contributed by atoms with Gasteiger partial charge in [-0.1, -0.05) is 12.1 Å². The molecule has 1 saturated heterocycles. The van der Waals surface area contributed by atoms with Crippen LogP contribution in [0, 0.1) is 5.82 Å². The van der Waals surface area contributed by atoms with Gasteiger partial charge in [0.05, 0.1) is 24.5 Å². The zero-order valence-electron chi connectivity index (χ0n) is 11.2. The first-order valence-corrected chi connectivity index (χ1v) is 7.97. The van der Waals surface area contributed by atoms with E-state index in [1.807, 2.05) is 0 Å². The van der Waals surface area contributed by atoms with Crippen molar-refractivity contribution >= 4 is 10.0 Å². The molecule has 2 atom stereocenters. The summed E-state index contributed by atoms with van der Waals surface area (Å²) in [4.78, 5) is 0. The summed E-state index contributed by atoms with van der Waals surface area (Å²) in [5, 5.41) is 9.76. The first-order valence-electron chi connectivity index (χ1n) is 6.36. The molecule has 0 saturated carbocycles. The molecule has 1 N–H and O–H groups in total. The molecule has 0 aromatic heterocycles. The van der Waals surface area contributed by atoms with Crippen LogP contribution >= 0.6 is 0 Å². The van der Waals surface area contributed by atoms with Crippen LogP contribution < -0.4 is 0 Å². The minimum Gasteiger partial charge on any atom is -0.392 e. The highest BCUT2D eigenvalue weighted by Crippen LogP contribution is 2.34. The average molecular weight is 303 g/mol. The number of nitrogens with zero attached hydrogens (tertiary/aromatic N) is 1. The molecule has 7 heteroatoms. The maximum atomic E-state index is 13.0. The predicted octanol–water partition coefficient (Wildman–Crippen LogP) is 0.910. The number of hydrogen-bond acceptors (Lipinski definition) is 4. The van der Waals surface area contributed by atoms with E-state index < -0.39 is 22.2 Å². The van der Waals surface area contributed by atoms with E-state index in [2.05, 4.69) is 0 Å². The lowest BCUT2D eigenvalue weighted by Crippen LogP contribution is -2.34. The van der Waals surface area contributed by atoms with E-state index in [4.69, 9.17) is 4.74 Å². The van der Waals surface area contributed by atoms with Crippen LogP contribution in [0.15, 0.2) is 24.3 Å². The second-order valence-electron chi connectivity index (χ2n) is 4.84. The van der Waals surface area contributed by atoms with Crippen LogP contribution in [0.3, 0.4) is 0 Å². The third-order valence-electron chi connectivity index (χ3n) is 3.39. The topological polar surface area (TPSA) is 66.8 Å². The Morgan fingerprint density at radius 2 is 2.05 bits per heavy atom. The number of β-amino-alcohol motifs (C(OH)–C–C–N with tert-alkyl or cyclic N) is 1. The normalized spacial score (nSPS) is 24.1. The van der Waals surface area contributed by atoms with E-state index in [0.29, 0.717) is 12.0 Å². The molecule has 0 bridgehead atoms. The van der Waals surface area contributed by atoms with E-state index >= 15 is 0 Å². The number of sulfonamides is 1. The predicted molar refractivity (Wildman–Crippen MR) is 72.1 cm³/mol. The molecule has 1 aliphatic rings. The Bertz CT molecular complexity index is 546. The van der Waals surface area contributed by atoms with E-state index in [1.165, 1.54) is 23.5 Å². The lowest BCUT2D eigenvalue weighted by atomic mass is 10.0. The van der Waals surface area contributed by atoms with Crippen molar-refractivity contribution < 1.29 is 22.7 Å². The second kappa shape index (κ2) is 6.17. The third-order valence-corrected chi connectivity index (χ3v) is 5.19. The molecular formula is C13H18FNO4S. The Labute approximate surface area is 118 Å². The summed E-state index contributed by atoms with van der Waals surface area (Å²) in [6.45, 7) is 0.166. The lowest BCUT2D eigenvalue weighted by Gasteiger charge is -2.24. The minimum atomic E-state index is -3.51. The third kappa shape index (κ3) is 3.35. The summed E-state index contributed by atoms with van der Waals surface area (Å²) in [5.41, 5.74) is 0.684. The number of aliphatic hydroxyl groups is 1. The van der Waals surface area contributed by atoms with Crippen LogP contribution in [0.5, 0.6) is 0 Å². The summed E-state index contributed by atoms with van der Waals surface area (Å²) < 4.78 is 43.5. The minimum absolute atomic E-state index is 0.0636. The SMILES string of the molecule is COCCS(=O)(=O)N1C[C@H](O)C[C@H]1c1ccc(F)cc1. The van der Waals surface area contributed by atoms with Crippen LogP contribution in [0.25, 0.3) is 0 Å². The van der Waals surface area contributed by atoms with Gasteiger partial charge in [0.25, 0.3) is 0 Å². The molecule has 0 aliphatic carbocycles. The van der Waals surface area contributed by atoms with Crippen molar-refractivity contribution in [3.8, 4) is 0 Å². The van der Waals surface area contributed by atoms with E-state index in [1.54, 1.807) is 12.1 Å². The number of benzene rings is 1. The van der Waals surface area contributed by atoms with Crippen molar-refractivity contribution in [1.82, 2.24) is 4.31 Å². The van der Waals surface area contributed by atoms with Crippen LogP contribution in [-0.2, 0) is 14.8 Å². The van der Waals surface area contributed by atoms with Gasteiger partial charge in [-0.3, -0.25) is 0 Å². The molecule has 0 spiro atoms. The van der Waals surface area contributed by atoms with Crippen molar-refractivity contribution in [2.24, 2.45) is 0 Å². The van der Waals surface area contributed by atoms with E-state index in [-0.39, 0.29) is 24.7 Å². The standard InChI is InChI=1S/C13H18FNO4S/c1-19-6-7-20(17,18)15-9-12(16)8-13(15)10-2-4-11(14)5-3-10/h2-5,12-13,16H,6-9H2,1H3/t12-,13+/m1/s1. The summed E-state index contributed by atoms with van der Waals surface area (Å²) in [6, 6.07) is 5.24. The first kappa shape index (κ1) is 15.4. The molecule has 20 heavy (non-hydrogen) atoms. The smallest absolute Gasteiger partial charge is 0.217 e. The maximum absolute atomic E-state index is 13.0. The molecule has 0 unspecified atom stereocenters. The molecule has 5 nitrogen and oxygen atoms in total. The largest absolute Gasteiger partial charge is 0.392 e. The van der Waals surface area contributed by atoms with Gasteiger partial charge in [-0.25, -0.2) is 12.8 Å². The molecule has 1 fully saturated rings. The Morgan fingerprint density at radius 3 is 2.65 bits per heavy atom. The Hall–Kier alpha value is -1.02. The zero-order valence-corrected chi connectivity index (χ0v) is 12.0. The molecule has 1 heterocycles. The van der Waals surface area contributed by atoms with E-state index in [9.17, 15) is 17.9 Å². The summed E-state index contributed by atoms with van der Waals surface area (Å²) >= 11 is 0.